The first-order valence-corrected chi connectivity index (χ1v) is 8.07. The topological polar surface area (TPSA) is 89.0 Å². The summed E-state index contributed by atoms with van der Waals surface area (Å²) in [5.41, 5.74) is -0.185. The predicted molar refractivity (Wildman–Crippen MR) is 72.9 cm³/mol. The van der Waals surface area contributed by atoms with E-state index in [0.717, 1.165) is 4.47 Å². The maximum Gasteiger partial charge on any atom is 0.273 e. The van der Waals surface area contributed by atoms with E-state index in [0.29, 0.717) is 11.5 Å². The van der Waals surface area contributed by atoms with Gasteiger partial charge in [0.2, 0.25) is 9.84 Å². The van der Waals surface area contributed by atoms with E-state index < -0.39 is 15.7 Å². The lowest BCUT2D eigenvalue weighted by Crippen LogP contribution is -2.20. The number of benzene rings is 1. The standard InChI is InChI=1S/C10H8BrN3O3S2/c1-12-9(15)8-10(18-14-13-8)19(16,17)7-4-2-6(11)3-5-7/h2-5H,1H3,(H,12,15). The molecular formula is C10H8BrN3O3S2. The molecule has 0 unspecified atom stereocenters. The minimum Gasteiger partial charge on any atom is -0.354 e. The number of rotatable bonds is 3. The van der Waals surface area contributed by atoms with Crippen LogP contribution in [0.15, 0.2) is 37.8 Å². The van der Waals surface area contributed by atoms with E-state index in [2.05, 4.69) is 30.8 Å². The highest BCUT2D eigenvalue weighted by Crippen LogP contribution is 2.26. The fraction of sp³-hybridized carbons (Fsp3) is 0.100. The zero-order chi connectivity index (χ0) is 14.0. The first-order valence-electron chi connectivity index (χ1n) is 5.02. The number of nitrogens with zero attached hydrogens (tertiary/aromatic N) is 2. The zero-order valence-corrected chi connectivity index (χ0v) is 12.8. The van der Waals surface area contributed by atoms with Crippen LogP contribution in [0, 0.1) is 0 Å². The van der Waals surface area contributed by atoms with Crippen LogP contribution in [-0.2, 0) is 9.84 Å². The Hall–Kier alpha value is -1.32. The van der Waals surface area contributed by atoms with Gasteiger partial charge in [-0.25, -0.2) is 8.42 Å². The van der Waals surface area contributed by atoms with E-state index in [1.165, 1.54) is 19.2 Å². The van der Waals surface area contributed by atoms with Gasteiger partial charge in [-0.1, -0.05) is 20.4 Å². The molecule has 0 atom stereocenters. The summed E-state index contributed by atoms with van der Waals surface area (Å²) in [4.78, 5) is 11.6. The Balaban J connectivity index is 2.54. The van der Waals surface area contributed by atoms with Gasteiger partial charge in [-0.15, -0.1) is 5.10 Å². The van der Waals surface area contributed by atoms with E-state index in [1.54, 1.807) is 12.1 Å². The summed E-state index contributed by atoms with van der Waals surface area (Å²) in [5.74, 6) is -0.579. The maximum absolute atomic E-state index is 12.4. The van der Waals surface area contributed by atoms with Crippen LogP contribution < -0.4 is 5.32 Å². The average Bonchev–Trinajstić information content (AvgIpc) is 2.88. The number of halogens is 1. The molecule has 0 fully saturated rings. The Bertz CT molecular complexity index is 710. The second-order valence-corrected chi connectivity index (χ2v) is 7.26. The molecule has 6 nitrogen and oxygen atoms in total. The monoisotopic (exact) mass is 361 g/mol. The van der Waals surface area contributed by atoms with Crippen molar-refractivity contribution in [2.24, 2.45) is 0 Å². The maximum atomic E-state index is 12.4. The second-order valence-electron chi connectivity index (χ2n) is 3.45. The molecule has 0 aliphatic rings. The highest BCUT2D eigenvalue weighted by molar-refractivity contribution is 9.10. The van der Waals surface area contributed by atoms with Crippen molar-refractivity contribution in [1.29, 1.82) is 0 Å². The SMILES string of the molecule is CNC(=O)c1nnsc1S(=O)(=O)c1ccc(Br)cc1. The fourth-order valence-corrected chi connectivity index (χ4v) is 3.89. The van der Waals surface area contributed by atoms with Crippen LogP contribution in [0.3, 0.4) is 0 Å². The third kappa shape index (κ3) is 2.67. The first kappa shape index (κ1) is 14.1. The van der Waals surface area contributed by atoms with Crippen LogP contribution in [0.1, 0.15) is 10.5 Å². The van der Waals surface area contributed by atoms with E-state index in [-0.39, 0.29) is 14.8 Å². The van der Waals surface area contributed by atoms with Gasteiger partial charge in [0.1, 0.15) is 0 Å². The molecular weight excluding hydrogens is 354 g/mol. The number of sulfone groups is 1. The van der Waals surface area contributed by atoms with Gasteiger partial charge < -0.3 is 5.32 Å². The third-order valence-corrected chi connectivity index (χ3v) is 5.78. The summed E-state index contributed by atoms with van der Waals surface area (Å²) in [5, 5.41) is 5.90. The van der Waals surface area contributed by atoms with Gasteiger partial charge >= 0.3 is 0 Å². The molecule has 1 heterocycles. The van der Waals surface area contributed by atoms with Crippen molar-refractivity contribution in [3.63, 3.8) is 0 Å². The lowest BCUT2D eigenvalue weighted by Gasteiger charge is -2.03. The van der Waals surface area contributed by atoms with Crippen molar-refractivity contribution >= 4 is 43.2 Å². The van der Waals surface area contributed by atoms with Crippen LogP contribution in [0.2, 0.25) is 0 Å². The zero-order valence-electron chi connectivity index (χ0n) is 9.62. The number of hydrogen-bond acceptors (Lipinski definition) is 6. The minimum absolute atomic E-state index is 0.0897. The summed E-state index contributed by atoms with van der Waals surface area (Å²) in [6, 6.07) is 6.13. The minimum atomic E-state index is -3.79. The highest BCUT2D eigenvalue weighted by Gasteiger charge is 2.28. The Labute approximate surface area is 122 Å². The molecule has 0 saturated heterocycles. The van der Waals surface area contributed by atoms with Crippen molar-refractivity contribution in [3.05, 3.63) is 34.4 Å². The van der Waals surface area contributed by atoms with E-state index >= 15 is 0 Å². The molecule has 19 heavy (non-hydrogen) atoms. The van der Waals surface area contributed by atoms with Crippen LogP contribution in [0.5, 0.6) is 0 Å². The molecule has 1 aromatic carbocycles. The molecule has 1 N–H and O–H groups in total. The Morgan fingerprint density at radius 1 is 1.32 bits per heavy atom. The Morgan fingerprint density at radius 2 is 1.95 bits per heavy atom. The van der Waals surface area contributed by atoms with Crippen molar-refractivity contribution in [3.8, 4) is 0 Å². The van der Waals surface area contributed by atoms with Gasteiger partial charge in [-0.05, 0) is 24.3 Å². The van der Waals surface area contributed by atoms with E-state index in [1.807, 2.05) is 0 Å². The van der Waals surface area contributed by atoms with Crippen molar-refractivity contribution in [2.75, 3.05) is 7.05 Å². The average molecular weight is 362 g/mol. The quantitative estimate of drug-likeness (QED) is 0.894. The molecule has 0 aliphatic carbocycles. The lowest BCUT2D eigenvalue weighted by molar-refractivity contribution is 0.0955. The van der Waals surface area contributed by atoms with Crippen LogP contribution >= 0.6 is 27.5 Å². The highest BCUT2D eigenvalue weighted by atomic mass is 79.9. The lowest BCUT2D eigenvalue weighted by atomic mass is 10.4. The molecule has 0 radical (unpaired) electrons. The van der Waals surface area contributed by atoms with Gasteiger partial charge in [0, 0.05) is 23.1 Å². The van der Waals surface area contributed by atoms with Crippen molar-refractivity contribution in [1.82, 2.24) is 14.9 Å². The number of nitrogens with one attached hydrogen (secondary N) is 1. The molecule has 2 rings (SSSR count). The van der Waals surface area contributed by atoms with Crippen molar-refractivity contribution < 1.29 is 13.2 Å². The molecule has 1 aromatic heterocycles. The van der Waals surface area contributed by atoms with Gasteiger partial charge in [0.15, 0.2) is 9.90 Å². The Kier molecular flexibility index (Phi) is 3.97. The Morgan fingerprint density at radius 3 is 2.53 bits per heavy atom. The summed E-state index contributed by atoms with van der Waals surface area (Å²) >= 11 is 3.91. The molecule has 0 bridgehead atoms. The first-order chi connectivity index (χ1) is 8.96. The molecule has 0 saturated carbocycles. The van der Waals surface area contributed by atoms with Gasteiger partial charge in [0.05, 0.1) is 4.90 Å². The third-order valence-electron chi connectivity index (χ3n) is 2.27. The molecule has 0 aliphatic heterocycles. The summed E-state index contributed by atoms with van der Waals surface area (Å²) < 4.78 is 28.9. The van der Waals surface area contributed by atoms with Gasteiger partial charge in [-0.3, -0.25) is 4.79 Å². The normalized spacial score (nSPS) is 11.3. The number of aromatic nitrogens is 2. The van der Waals surface area contributed by atoms with Gasteiger partial charge in [0.25, 0.3) is 5.91 Å². The molecule has 9 heteroatoms. The summed E-state index contributed by atoms with van der Waals surface area (Å²) in [6.07, 6.45) is 0. The number of carbonyl (C=O) groups is 1. The molecule has 2 aromatic rings. The number of hydrogen-bond donors (Lipinski definition) is 1. The summed E-state index contributed by atoms with van der Waals surface area (Å²) in [7, 11) is -2.39. The van der Waals surface area contributed by atoms with Crippen LogP contribution in [0.4, 0.5) is 0 Å². The molecule has 0 spiro atoms. The summed E-state index contributed by atoms with van der Waals surface area (Å²) in [6.45, 7) is 0. The molecule has 100 valence electrons. The number of amides is 1. The fourth-order valence-electron chi connectivity index (χ4n) is 1.34. The van der Waals surface area contributed by atoms with Gasteiger partial charge in [-0.2, -0.15) is 0 Å². The smallest absolute Gasteiger partial charge is 0.273 e. The largest absolute Gasteiger partial charge is 0.354 e. The molecule has 1 amide bonds. The van der Waals surface area contributed by atoms with E-state index in [4.69, 9.17) is 0 Å². The van der Waals surface area contributed by atoms with E-state index in [9.17, 15) is 13.2 Å². The van der Waals surface area contributed by atoms with Crippen LogP contribution in [0.25, 0.3) is 0 Å². The predicted octanol–water partition coefficient (Wildman–Crippen LogP) is 1.49. The van der Waals surface area contributed by atoms with Crippen LogP contribution in [-0.4, -0.2) is 31.0 Å². The number of carbonyl (C=O) groups excluding carboxylic acids is 1. The van der Waals surface area contributed by atoms with Crippen molar-refractivity contribution in [2.45, 2.75) is 9.10 Å². The second kappa shape index (κ2) is 5.35.